The van der Waals surface area contributed by atoms with E-state index in [1.807, 2.05) is 55.4 Å². The Morgan fingerprint density at radius 1 is 0.347 bits per heavy atom. The highest BCUT2D eigenvalue weighted by molar-refractivity contribution is 4.82. The minimum absolute atomic E-state index is 0.0343. The van der Waals surface area contributed by atoms with Gasteiger partial charge in [0, 0.05) is 35.0 Å². The van der Waals surface area contributed by atoms with Gasteiger partial charge in [0.25, 0.3) is 0 Å². The Balaban J connectivity index is 5.63. The lowest BCUT2D eigenvalue weighted by Crippen LogP contribution is -2.42. The first-order valence-electron chi connectivity index (χ1n) is 18.4. The minimum Gasteiger partial charge on any atom is -0.380 e. The molecule has 0 aromatic carbocycles. The van der Waals surface area contributed by atoms with Crippen molar-refractivity contribution in [2.24, 2.45) is 33.8 Å². The summed E-state index contributed by atoms with van der Waals surface area (Å²) in [5.41, 5.74) is 22.7. The van der Waals surface area contributed by atoms with Gasteiger partial charge in [-0.3, -0.25) is 0 Å². The zero-order chi connectivity index (χ0) is 37.3. The third-order valence-corrected chi connectivity index (χ3v) is 7.93. The minimum atomic E-state index is -0.397. The number of rotatable bonds is 34. The Kier molecular flexibility index (Phi) is 27.7. The molecule has 0 saturated carbocycles. The zero-order valence-corrected chi connectivity index (χ0v) is 32.9. The Hall–Kier alpha value is -0.520. The van der Waals surface area contributed by atoms with E-state index in [1.54, 1.807) is 0 Å². The van der Waals surface area contributed by atoms with E-state index in [1.165, 1.54) is 0 Å². The van der Waals surface area contributed by atoms with Crippen LogP contribution in [0.15, 0.2) is 0 Å². The molecular weight excluding hydrogens is 632 g/mol. The molecule has 8 unspecified atom stereocenters. The molecule has 0 aromatic heterocycles. The lowest BCUT2D eigenvalue weighted by atomic mass is 9.86. The van der Waals surface area contributed by atoms with Crippen molar-refractivity contribution >= 4 is 0 Å². The van der Waals surface area contributed by atoms with E-state index in [-0.39, 0.29) is 48.6 Å². The van der Waals surface area contributed by atoms with Crippen LogP contribution in [-0.2, 0) is 42.6 Å². The second-order valence-corrected chi connectivity index (χ2v) is 14.7. The molecule has 8 atom stereocenters. The monoisotopic (exact) mass is 711 g/mol. The maximum Gasteiger partial charge on any atom is 0.0781 e. The van der Waals surface area contributed by atoms with E-state index in [0.717, 1.165) is 12.8 Å². The SMILES string of the molecule is CCC(COCC(C)OCC(C)N)(COCC(C)OCC(C)N)COCC(CC)(COCC(C)OCC(C)N)COCC(C)OCC(C)N. The molecule has 13 nitrogen and oxygen atoms in total. The topological polar surface area (TPSA) is 187 Å². The standard InChI is InChI=1S/C36H78N4O9/c1-11-35(21-41-17-31(7)46-13-27(3)37,22-42-18-32(8)47-14-28(4)38)25-45-26-36(12-2,23-43-19-33(9)48-15-29(5)39)24-44-20-34(10)49-16-30(6)40/h27-34H,11-26,37-40H2,1-10H3. The van der Waals surface area contributed by atoms with Crippen molar-refractivity contribution in [1.82, 2.24) is 0 Å². The third kappa shape index (κ3) is 26.0. The summed E-state index contributed by atoms with van der Waals surface area (Å²) in [6.45, 7) is 26.2. The number of hydrogen-bond donors (Lipinski definition) is 4. The van der Waals surface area contributed by atoms with Crippen LogP contribution < -0.4 is 22.9 Å². The van der Waals surface area contributed by atoms with E-state index in [4.69, 9.17) is 65.6 Å². The summed E-state index contributed by atoms with van der Waals surface area (Å²) >= 11 is 0. The van der Waals surface area contributed by atoms with Crippen molar-refractivity contribution in [1.29, 1.82) is 0 Å². The molecule has 0 amide bonds. The zero-order valence-electron chi connectivity index (χ0n) is 32.9. The van der Waals surface area contributed by atoms with Gasteiger partial charge in [-0.2, -0.15) is 0 Å². The first-order chi connectivity index (χ1) is 23.1. The van der Waals surface area contributed by atoms with Gasteiger partial charge >= 0.3 is 0 Å². The third-order valence-electron chi connectivity index (χ3n) is 7.93. The fourth-order valence-electron chi connectivity index (χ4n) is 4.57. The van der Waals surface area contributed by atoms with Gasteiger partial charge in [-0.15, -0.1) is 0 Å². The fourth-order valence-corrected chi connectivity index (χ4v) is 4.57. The molecule has 0 heterocycles. The number of hydrogen-bond acceptors (Lipinski definition) is 13. The van der Waals surface area contributed by atoms with Crippen LogP contribution in [0, 0.1) is 10.8 Å². The number of nitrogens with two attached hydrogens (primary N) is 4. The largest absolute Gasteiger partial charge is 0.380 e. The molecule has 13 heteroatoms. The number of ether oxygens (including phenoxy) is 9. The smallest absolute Gasteiger partial charge is 0.0781 e. The molecule has 49 heavy (non-hydrogen) atoms. The van der Waals surface area contributed by atoms with Gasteiger partial charge in [-0.05, 0) is 68.2 Å². The molecule has 0 fully saturated rings. The molecule has 0 saturated heterocycles. The van der Waals surface area contributed by atoms with E-state index < -0.39 is 10.8 Å². The summed E-state index contributed by atoms with van der Waals surface area (Å²) in [6.07, 6.45) is 1.22. The van der Waals surface area contributed by atoms with Crippen LogP contribution >= 0.6 is 0 Å². The molecule has 0 bridgehead atoms. The van der Waals surface area contributed by atoms with E-state index in [0.29, 0.717) is 92.5 Å². The Morgan fingerprint density at radius 2 is 0.551 bits per heavy atom. The molecule has 0 aliphatic rings. The summed E-state index contributed by atoms with van der Waals surface area (Å²) in [6, 6.07) is -0.137. The van der Waals surface area contributed by atoms with Crippen LogP contribution in [0.4, 0.5) is 0 Å². The summed E-state index contributed by atoms with van der Waals surface area (Å²) in [7, 11) is 0. The van der Waals surface area contributed by atoms with E-state index >= 15 is 0 Å². The second-order valence-electron chi connectivity index (χ2n) is 14.7. The van der Waals surface area contributed by atoms with Gasteiger partial charge in [0.2, 0.25) is 0 Å². The van der Waals surface area contributed by atoms with Gasteiger partial charge in [0.05, 0.1) is 117 Å². The van der Waals surface area contributed by atoms with Crippen LogP contribution in [0.3, 0.4) is 0 Å². The predicted molar refractivity (Wildman–Crippen MR) is 196 cm³/mol. The summed E-state index contributed by atoms with van der Waals surface area (Å²) in [4.78, 5) is 0. The highest BCUT2D eigenvalue weighted by Crippen LogP contribution is 2.29. The lowest BCUT2D eigenvalue weighted by molar-refractivity contribution is -0.130. The molecule has 296 valence electrons. The summed E-state index contributed by atoms with van der Waals surface area (Å²) < 4.78 is 54.7. The molecule has 0 rings (SSSR count). The van der Waals surface area contributed by atoms with E-state index in [9.17, 15) is 0 Å². The molecule has 0 spiro atoms. The van der Waals surface area contributed by atoms with Gasteiger partial charge in [0.15, 0.2) is 0 Å². The first kappa shape index (κ1) is 48.5. The molecule has 0 aliphatic carbocycles. The van der Waals surface area contributed by atoms with Crippen LogP contribution in [0.1, 0.15) is 82.1 Å². The van der Waals surface area contributed by atoms with Gasteiger partial charge < -0.3 is 65.6 Å². The van der Waals surface area contributed by atoms with Crippen LogP contribution in [0.25, 0.3) is 0 Å². The summed E-state index contributed by atoms with van der Waals surface area (Å²) in [5.74, 6) is 0. The van der Waals surface area contributed by atoms with Crippen molar-refractivity contribution in [2.75, 3.05) is 92.5 Å². The van der Waals surface area contributed by atoms with Crippen molar-refractivity contribution in [3.05, 3.63) is 0 Å². The van der Waals surface area contributed by atoms with Crippen molar-refractivity contribution in [2.45, 2.75) is 131 Å². The van der Waals surface area contributed by atoms with Crippen LogP contribution in [-0.4, -0.2) is 141 Å². The second kappa shape index (κ2) is 28.0. The predicted octanol–water partition coefficient (Wildman–Crippen LogP) is 2.87. The lowest BCUT2D eigenvalue weighted by Gasteiger charge is -2.37. The molecule has 0 aliphatic heterocycles. The molecule has 8 N–H and O–H groups in total. The highest BCUT2D eigenvalue weighted by atomic mass is 16.6. The van der Waals surface area contributed by atoms with Crippen molar-refractivity contribution in [3.8, 4) is 0 Å². The van der Waals surface area contributed by atoms with Crippen molar-refractivity contribution in [3.63, 3.8) is 0 Å². The quantitative estimate of drug-likeness (QED) is 0.0765. The van der Waals surface area contributed by atoms with Crippen LogP contribution in [0.2, 0.25) is 0 Å². The summed E-state index contributed by atoms with van der Waals surface area (Å²) in [5, 5.41) is 0. The molecule has 0 radical (unpaired) electrons. The van der Waals surface area contributed by atoms with Gasteiger partial charge in [-0.25, -0.2) is 0 Å². The molecular formula is C36H78N4O9. The van der Waals surface area contributed by atoms with Crippen LogP contribution in [0.5, 0.6) is 0 Å². The molecule has 0 aromatic rings. The van der Waals surface area contributed by atoms with Crippen molar-refractivity contribution < 1.29 is 42.6 Å². The fraction of sp³-hybridized carbons (Fsp3) is 1.00. The average molecular weight is 711 g/mol. The first-order valence-corrected chi connectivity index (χ1v) is 18.4. The Bertz CT molecular complexity index is 656. The average Bonchev–Trinajstić information content (AvgIpc) is 3.03. The van der Waals surface area contributed by atoms with E-state index in [2.05, 4.69) is 13.8 Å². The Morgan fingerprint density at radius 3 is 0.735 bits per heavy atom. The van der Waals surface area contributed by atoms with Gasteiger partial charge in [-0.1, -0.05) is 13.8 Å². The van der Waals surface area contributed by atoms with Gasteiger partial charge in [0.1, 0.15) is 0 Å². The Labute approximate surface area is 299 Å². The highest BCUT2D eigenvalue weighted by Gasteiger charge is 2.35. The maximum atomic E-state index is 6.58. The maximum absolute atomic E-state index is 6.58. The normalized spacial score (nSPS) is 19.7.